The first kappa shape index (κ1) is 16.0. The summed E-state index contributed by atoms with van der Waals surface area (Å²) in [6, 6.07) is -0.499. The number of nitrogens with zero attached hydrogens (tertiary/aromatic N) is 3. The Bertz CT molecular complexity index is 503. The zero-order valence-corrected chi connectivity index (χ0v) is 13.7. The lowest BCUT2D eigenvalue weighted by molar-refractivity contribution is -0.127. The molecular weight excluding hydrogens is 298 g/mol. The molecule has 1 saturated carbocycles. The van der Waals surface area contributed by atoms with Gasteiger partial charge in [-0.25, -0.2) is 9.79 Å². The fourth-order valence-electron chi connectivity index (χ4n) is 3.51. The summed E-state index contributed by atoms with van der Waals surface area (Å²) in [5.74, 6) is 0.416. The van der Waals surface area contributed by atoms with Crippen molar-refractivity contribution in [1.82, 2.24) is 20.4 Å². The van der Waals surface area contributed by atoms with E-state index in [1.54, 1.807) is 14.2 Å². The van der Waals surface area contributed by atoms with Gasteiger partial charge in [0.2, 0.25) is 0 Å². The quantitative estimate of drug-likeness (QED) is 0.766. The highest BCUT2D eigenvalue weighted by Gasteiger charge is 2.48. The molecule has 2 N–H and O–H groups in total. The molecule has 0 bridgehead atoms. The van der Waals surface area contributed by atoms with Crippen molar-refractivity contribution in [3.63, 3.8) is 0 Å². The number of fused-ring (bicyclic) bond motifs is 1. The Morgan fingerprint density at radius 2 is 2.04 bits per heavy atom. The molecule has 3 rings (SSSR count). The highest BCUT2D eigenvalue weighted by atomic mass is 16.5. The highest BCUT2D eigenvalue weighted by Crippen LogP contribution is 2.25. The van der Waals surface area contributed by atoms with E-state index in [4.69, 9.17) is 4.74 Å². The minimum atomic E-state index is -0.487. The molecule has 128 valence electrons. The molecule has 8 nitrogen and oxygen atoms in total. The lowest BCUT2D eigenvalue weighted by Crippen LogP contribution is -2.64. The van der Waals surface area contributed by atoms with Crippen LogP contribution >= 0.6 is 0 Å². The number of likely N-dealkylation sites (N-methyl/N-ethyl adjacent to an activating group) is 1. The van der Waals surface area contributed by atoms with Gasteiger partial charge in [-0.1, -0.05) is 19.3 Å². The number of ether oxygens (including phenoxy) is 1. The molecule has 0 radical (unpaired) electrons. The van der Waals surface area contributed by atoms with E-state index >= 15 is 0 Å². The molecule has 1 aliphatic carbocycles. The van der Waals surface area contributed by atoms with Crippen LogP contribution in [0.25, 0.3) is 0 Å². The van der Waals surface area contributed by atoms with E-state index in [0.717, 1.165) is 12.8 Å². The minimum Gasteiger partial charge on any atom is -0.383 e. The van der Waals surface area contributed by atoms with E-state index in [9.17, 15) is 9.59 Å². The number of nitrogens with one attached hydrogen (secondary N) is 2. The predicted octanol–water partition coefficient (Wildman–Crippen LogP) is 0.103. The van der Waals surface area contributed by atoms with Crippen LogP contribution in [0.4, 0.5) is 4.79 Å². The Morgan fingerprint density at radius 3 is 2.74 bits per heavy atom. The number of methoxy groups -OCH3 is 1. The molecule has 2 aliphatic heterocycles. The van der Waals surface area contributed by atoms with E-state index in [-0.39, 0.29) is 5.91 Å². The first-order valence-corrected chi connectivity index (χ1v) is 8.29. The van der Waals surface area contributed by atoms with E-state index in [1.165, 1.54) is 24.2 Å². The van der Waals surface area contributed by atoms with Crippen molar-refractivity contribution < 1.29 is 14.3 Å². The first-order valence-electron chi connectivity index (χ1n) is 8.29. The molecule has 1 saturated heterocycles. The summed E-state index contributed by atoms with van der Waals surface area (Å²) in [6.45, 7) is 1.06. The molecule has 2 atom stereocenters. The summed E-state index contributed by atoms with van der Waals surface area (Å²) in [4.78, 5) is 32.2. The standard InChI is InChI=1S/C15H25N5O3/c1-19-12-11(13(21)18-15(19)22)20(8-9-23-2)14(17-12)16-10-6-4-3-5-7-10/h10-12H,3-9H2,1-2H3,(H,16,17)(H,18,21,22). The van der Waals surface area contributed by atoms with Gasteiger partial charge in [0, 0.05) is 26.7 Å². The van der Waals surface area contributed by atoms with Gasteiger partial charge in [-0.15, -0.1) is 0 Å². The summed E-state index contributed by atoms with van der Waals surface area (Å²) < 4.78 is 5.17. The molecule has 2 fully saturated rings. The van der Waals surface area contributed by atoms with E-state index in [1.807, 2.05) is 4.90 Å². The lowest BCUT2D eigenvalue weighted by Gasteiger charge is -2.36. The third kappa shape index (κ3) is 3.12. The zero-order chi connectivity index (χ0) is 16.4. The van der Waals surface area contributed by atoms with Crippen LogP contribution in [0, 0.1) is 0 Å². The van der Waals surface area contributed by atoms with E-state index < -0.39 is 18.2 Å². The Balaban J connectivity index is 1.79. The monoisotopic (exact) mass is 323 g/mol. The van der Waals surface area contributed by atoms with Crippen LogP contribution in [0.2, 0.25) is 0 Å². The maximum Gasteiger partial charge on any atom is 0.325 e. The number of aliphatic imine (C=N–C) groups is 1. The Hall–Kier alpha value is -1.83. The second kappa shape index (κ2) is 6.74. The number of carbonyl (C=O) groups is 2. The van der Waals surface area contributed by atoms with Crippen molar-refractivity contribution in [2.45, 2.75) is 50.4 Å². The van der Waals surface area contributed by atoms with Gasteiger partial charge in [0.1, 0.15) is 0 Å². The van der Waals surface area contributed by atoms with Crippen molar-refractivity contribution in [3.8, 4) is 0 Å². The molecule has 23 heavy (non-hydrogen) atoms. The summed E-state index contributed by atoms with van der Waals surface area (Å²) in [7, 11) is 3.30. The van der Waals surface area contributed by atoms with Gasteiger partial charge in [0.05, 0.1) is 6.61 Å². The molecular formula is C15H25N5O3. The maximum atomic E-state index is 12.3. The molecule has 3 amide bonds. The lowest BCUT2D eigenvalue weighted by atomic mass is 9.96. The second-order valence-corrected chi connectivity index (χ2v) is 6.38. The summed E-state index contributed by atoms with van der Waals surface area (Å²) in [5.41, 5.74) is 0. The van der Waals surface area contributed by atoms with Crippen LogP contribution < -0.4 is 10.6 Å². The summed E-state index contributed by atoms with van der Waals surface area (Å²) in [5, 5.41) is 5.89. The average Bonchev–Trinajstić information content (AvgIpc) is 2.90. The largest absolute Gasteiger partial charge is 0.383 e. The topological polar surface area (TPSA) is 86.3 Å². The van der Waals surface area contributed by atoms with Gasteiger partial charge < -0.3 is 19.9 Å². The molecule has 3 aliphatic rings. The summed E-state index contributed by atoms with van der Waals surface area (Å²) >= 11 is 0. The Morgan fingerprint density at radius 1 is 1.30 bits per heavy atom. The van der Waals surface area contributed by atoms with Gasteiger partial charge in [0.15, 0.2) is 18.2 Å². The van der Waals surface area contributed by atoms with Gasteiger partial charge in [-0.05, 0) is 12.8 Å². The molecule has 0 aromatic heterocycles. The predicted molar refractivity (Wildman–Crippen MR) is 84.9 cm³/mol. The summed E-state index contributed by atoms with van der Waals surface area (Å²) in [6.07, 6.45) is 5.48. The third-order valence-electron chi connectivity index (χ3n) is 4.84. The average molecular weight is 323 g/mol. The van der Waals surface area contributed by atoms with Crippen molar-refractivity contribution in [2.24, 2.45) is 4.99 Å². The molecule has 2 heterocycles. The fraction of sp³-hybridized carbons (Fsp3) is 0.800. The van der Waals surface area contributed by atoms with Crippen molar-refractivity contribution >= 4 is 17.9 Å². The number of imide groups is 1. The number of rotatable bonds is 4. The van der Waals surface area contributed by atoms with Crippen molar-refractivity contribution in [1.29, 1.82) is 0 Å². The second-order valence-electron chi connectivity index (χ2n) is 6.38. The van der Waals surface area contributed by atoms with E-state index in [2.05, 4.69) is 15.6 Å². The van der Waals surface area contributed by atoms with Crippen molar-refractivity contribution in [2.75, 3.05) is 27.3 Å². The van der Waals surface area contributed by atoms with Crippen LogP contribution in [0.15, 0.2) is 4.99 Å². The number of urea groups is 1. The van der Waals surface area contributed by atoms with Gasteiger partial charge >= 0.3 is 6.03 Å². The van der Waals surface area contributed by atoms with Gasteiger partial charge in [-0.3, -0.25) is 10.1 Å². The Kier molecular flexibility index (Phi) is 4.70. The fourth-order valence-corrected chi connectivity index (χ4v) is 3.51. The van der Waals surface area contributed by atoms with Crippen LogP contribution in [-0.4, -0.2) is 73.3 Å². The normalized spacial score (nSPS) is 28.5. The first-order chi connectivity index (χ1) is 11.1. The SMILES string of the molecule is COCCN1C(NC2CCCCC2)=NC2C1C(=O)NC(=O)N2C. The highest BCUT2D eigenvalue weighted by molar-refractivity contribution is 6.03. The smallest absolute Gasteiger partial charge is 0.325 e. The minimum absolute atomic E-state index is 0.293. The number of carbonyl (C=O) groups excluding carboxylic acids is 2. The van der Waals surface area contributed by atoms with Gasteiger partial charge in [-0.2, -0.15) is 0 Å². The maximum absolute atomic E-state index is 12.3. The third-order valence-corrected chi connectivity index (χ3v) is 4.84. The number of hydrogen-bond donors (Lipinski definition) is 2. The van der Waals surface area contributed by atoms with Gasteiger partial charge in [0.25, 0.3) is 5.91 Å². The number of guanidine groups is 1. The molecule has 2 unspecified atom stereocenters. The van der Waals surface area contributed by atoms with E-state index in [0.29, 0.717) is 25.2 Å². The van der Waals surface area contributed by atoms with Crippen LogP contribution in [0.5, 0.6) is 0 Å². The molecule has 0 aromatic rings. The molecule has 0 aromatic carbocycles. The van der Waals surface area contributed by atoms with Crippen molar-refractivity contribution in [3.05, 3.63) is 0 Å². The molecule has 0 spiro atoms. The number of hydrogen-bond acceptors (Lipinski definition) is 6. The van der Waals surface area contributed by atoms with Crippen LogP contribution in [0.1, 0.15) is 32.1 Å². The molecule has 8 heteroatoms. The van der Waals surface area contributed by atoms with Crippen LogP contribution in [-0.2, 0) is 9.53 Å². The zero-order valence-electron chi connectivity index (χ0n) is 13.7. The van der Waals surface area contributed by atoms with Crippen LogP contribution in [0.3, 0.4) is 0 Å². The Labute approximate surface area is 136 Å². The number of amides is 3.